The molecule has 0 saturated carbocycles. The van der Waals surface area contributed by atoms with Crippen LogP contribution in [0, 0.1) is 0 Å². The van der Waals surface area contributed by atoms with E-state index >= 15 is 0 Å². The number of carbonyl (C=O) groups excluding carboxylic acids is 1. The lowest BCUT2D eigenvalue weighted by Gasteiger charge is -2.13. The molecule has 0 heterocycles. The maximum atomic E-state index is 12.0. The van der Waals surface area contributed by atoms with Gasteiger partial charge in [0.05, 0.1) is 24.6 Å². The summed E-state index contributed by atoms with van der Waals surface area (Å²) < 4.78 is 10.4. The number of halogens is 1. The number of rotatable bonds is 5. The number of ether oxygens (including phenoxy) is 2. The summed E-state index contributed by atoms with van der Waals surface area (Å²) >= 11 is 3.34. The molecule has 0 spiro atoms. The molecule has 1 aromatic rings. The second-order valence-corrected chi connectivity index (χ2v) is 4.39. The molecule has 3 nitrogen and oxygen atoms in total. The normalized spacial score (nSPS) is 12.0. The maximum Gasteiger partial charge on any atom is 0.180 e. The number of carbonyl (C=O) groups is 1. The summed E-state index contributed by atoms with van der Waals surface area (Å²) in [5.74, 6) is 1.08. The highest BCUT2D eigenvalue weighted by Gasteiger charge is 2.21. The van der Waals surface area contributed by atoms with Crippen molar-refractivity contribution in [2.24, 2.45) is 0 Å². The van der Waals surface area contributed by atoms with Gasteiger partial charge in [-0.05, 0) is 18.6 Å². The van der Waals surface area contributed by atoms with Crippen LogP contribution >= 0.6 is 15.9 Å². The first kappa shape index (κ1) is 13.0. The van der Waals surface area contributed by atoms with E-state index in [-0.39, 0.29) is 10.6 Å². The Morgan fingerprint density at radius 2 is 2.06 bits per heavy atom. The number of alkyl halides is 1. The third kappa shape index (κ3) is 2.55. The van der Waals surface area contributed by atoms with Crippen LogP contribution in [0.4, 0.5) is 0 Å². The van der Waals surface area contributed by atoms with Crippen molar-refractivity contribution in [2.45, 2.75) is 18.2 Å². The van der Waals surface area contributed by atoms with Gasteiger partial charge in [-0.15, -0.1) is 0 Å². The summed E-state index contributed by atoms with van der Waals surface area (Å²) in [6.07, 6.45) is 0.735. The molecular weight excluding hydrogens is 272 g/mol. The monoisotopic (exact) mass is 286 g/mol. The fraction of sp³-hybridized carbons (Fsp3) is 0.417. The Balaban J connectivity index is 3.17. The molecule has 1 rings (SSSR count). The van der Waals surface area contributed by atoms with E-state index in [0.717, 1.165) is 6.42 Å². The van der Waals surface area contributed by atoms with Crippen molar-refractivity contribution in [2.75, 3.05) is 14.2 Å². The second kappa shape index (κ2) is 5.89. The van der Waals surface area contributed by atoms with Gasteiger partial charge in [0.25, 0.3) is 0 Å². The third-order valence-corrected chi connectivity index (χ3v) is 3.37. The minimum absolute atomic E-state index is 0.0123. The van der Waals surface area contributed by atoms with Crippen LogP contribution in [0.5, 0.6) is 11.5 Å². The summed E-state index contributed by atoms with van der Waals surface area (Å²) in [4.78, 5) is 11.9. The molecule has 0 saturated heterocycles. The summed E-state index contributed by atoms with van der Waals surface area (Å²) in [5.41, 5.74) is 0.547. The minimum Gasteiger partial charge on any atom is -0.493 e. The van der Waals surface area contributed by atoms with Crippen molar-refractivity contribution in [3.05, 3.63) is 23.8 Å². The average molecular weight is 287 g/mol. The van der Waals surface area contributed by atoms with E-state index in [1.54, 1.807) is 25.3 Å². The van der Waals surface area contributed by atoms with E-state index < -0.39 is 0 Å². The second-order valence-electron chi connectivity index (χ2n) is 3.28. The van der Waals surface area contributed by atoms with Crippen LogP contribution < -0.4 is 9.47 Å². The van der Waals surface area contributed by atoms with E-state index in [1.807, 2.05) is 6.92 Å². The molecule has 1 unspecified atom stereocenters. The number of benzene rings is 1. The molecule has 0 radical (unpaired) electrons. The van der Waals surface area contributed by atoms with Crippen molar-refractivity contribution >= 4 is 21.7 Å². The van der Waals surface area contributed by atoms with Gasteiger partial charge >= 0.3 is 0 Å². The molecule has 16 heavy (non-hydrogen) atoms. The van der Waals surface area contributed by atoms with Gasteiger partial charge < -0.3 is 9.47 Å². The van der Waals surface area contributed by atoms with Gasteiger partial charge in [-0.25, -0.2) is 0 Å². The largest absolute Gasteiger partial charge is 0.493 e. The first-order valence-corrected chi connectivity index (χ1v) is 5.96. The summed E-state index contributed by atoms with van der Waals surface area (Å²) in [7, 11) is 3.08. The lowest BCUT2D eigenvalue weighted by molar-refractivity contribution is 0.0986. The molecule has 0 aliphatic carbocycles. The predicted molar refractivity (Wildman–Crippen MR) is 66.9 cm³/mol. The average Bonchev–Trinajstić information content (AvgIpc) is 2.35. The van der Waals surface area contributed by atoms with Crippen LogP contribution in [0.2, 0.25) is 0 Å². The van der Waals surface area contributed by atoms with E-state index in [0.29, 0.717) is 17.1 Å². The number of para-hydroxylation sites is 1. The van der Waals surface area contributed by atoms with Crippen LogP contribution in [0.1, 0.15) is 23.7 Å². The summed E-state index contributed by atoms with van der Waals surface area (Å²) in [5, 5.41) is 0. The fourth-order valence-electron chi connectivity index (χ4n) is 1.44. The smallest absolute Gasteiger partial charge is 0.180 e. The van der Waals surface area contributed by atoms with Crippen molar-refractivity contribution in [1.82, 2.24) is 0 Å². The van der Waals surface area contributed by atoms with Crippen LogP contribution in [-0.2, 0) is 0 Å². The molecule has 0 fully saturated rings. The van der Waals surface area contributed by atoms with Crippen molar-refractivity contribution in [3.8, 4) is 11.5 Å². The Kier molecular flexibility index (Phi) is 4.80. The Hall–Kier alpha value is -1.03. The van der Waals surface area contributed by atoms with Crippen LogP contribution in [0.15, 0.2) is 18.2 Å². The molecular formula is C12H15BrO3. The number of hydrogen-bond donors (Lipinski definition) is 0. The van der Waals surface area contributed by atoms with E-state index in [4.69, 9.17) is 9.47 Å². The van der Waals surface area contributed by atoms with Gasteiger partial charge in [0.15, 0.2) is 17.3 Å². The zero-order valence-corrected chi connectivity index (χ0v) is 11.2. The molecule has 0 aromatic heterocycles. The molecule has 0 N–H and O–H groups in total. The van der Waals surface area contributed by atoms with Crippen LogP contribution in [0.25, 0.3) is 0 Å². The molecule has 0 aliphatic rings. The number of ketones is 1. The highest BCUT2D eigenvalue weighted by Crippen LogP contribution is 2.32. The lowest BCUT2D eigenvalue weighted by atomic mass is 10.1. The summed E-state index contributed by atoms with van der Waals surface area (Å²) in [6, 6.07) is 5.29. The zero-order chi connectivity index (χ0) is 12.1. The Morgan fingerprint density at radius 3 is 2.56 bits per heavy atom. The summed E-state index contributed by atoms with van der Waals surface area (Å²) in [6.45, 7) is 1.95. The fourth-order valence-corrected chi connectivity index (χ4v) is 1.68. The number of methoxy groups -OCH3 is 2. The molecule has 1 atom stereocenters. The van der Waals surface area contributed by atoms with Gasteiger partial charge in [-0.1, -0.05) is 28.9 Å². The van der Waals surface area contributed by atoms with Gasteiger partial charge in [-0.3, -0.25) is 4.79 Å². The van der Waals surface area contributed by atoms with Crippen molar-refractivity contribution in [3.63, 3.8) is 0 Å². The first-order chi connectivity index (χ1) is 7.65. The minimum atomic E-state index is -0.187. The van der Waals surface area contributed by atoms with Gasteiger partial charge in [0, 0.05) is 0 Å². The molecule has 0 aliphatic heterocycles. The molecule has 4 heteroatoms. The standard InChI is InChI=1S/C12H15BrO3/c1-4-9(13)11(14)8-6-5-7-10(15-2)12(8)16-3/h5-7,9H,4H2,1-3H3. The van der Waals surface area contributed by atoms with Crippen molar-refractivity contribution < 1.29 is 14.3 Å². The quantitative estimate of drug-likeness (QED) is 0.616. The molecule has 1 aromatic carbocycles. The Morgan fingerprint density at radius 1 is 1.38 bits per heavy atom. The SMILES string of the molecule is CCC(Br)C(=O)c1cccc(OC)c1OC. The van der Waals surface area contributed by atoms with E-state index in [2.05, 4.69) is 15.9 Å². The molecule has 0 amide bonds. The Bertz CT molecular complexity index is 377. The van der Waals surface area contributed by atoms with E-state index in [9.17, 15) is 4.79 Å². The zero-order valence-electron chi connectivity index (χ0n) is 9.62. The number of Topliss-reactive ketones (excluding diaryl/α,β-unsaturated/α-hetero) is 1. The van der Waals surface area contributed by atoms with Crippen molar-refractivity contribution in [1.29, 1.82) is 0 Å². The first-order valence-electron chi connectivity index (χ1n) is 5.05. The lowest BCUT2D eigenvalue weighted by Crippen LogP contribution is -2.14. The molecule has 0 bridgehead atoms. The highest BCUT2D eigenvalue weighted by molar-refractivity contribution is 9.10. The van der Waals surface area contributed by atoms with Gasteiger partial charge in [0.2, 0.25) is 0 Å². The maximum absolute atomic E-state index is 12.0. The highest BCUT2D eigenvalue weighted by atomic mass is 79.9. The topological polar surface area (TPSA) is 35.5 Å². The van der Waals surface area contributed by atoms with Gasteiger partial charge in [-0.2, -0.15) is 0 Å². The predicted octanol–water partition coefficient (Wildman–Crippen LogP) is 3.06. The Labute approximate surface area is 104 Å². The van der Waals surface area contributed by atoms with Crippen LogP contribution in [0.3, 0.4) is 0 Å². The van der Waals surface area contributed by atoms with Crippen LogP contribution in [-0.4, -0.2) is 24.8 Å². The van der Waals surface area contributed by atoms with Gasteiger partial charge in [0.1, 0.15) is 0 Å². The van der Waals surface area contributed by atoms with E-state index in [1.165, 1.54) is 7.11 Å². The number of hydrogen-bond acceptors (Lipinski definition) is 3. The molecule has 88 valence electrons. The third-order valence-electron chi connectivity index (χ3n) is 2.31.